The fourth-order valence-corrected chi connectivity index (χ4v) is 2.73. The fraction of sp³-hybridized carbons (Fsp3) is 0.0556. The molecule has 0 N–H and O–H groups in total. The molecule has 7 nitrogen and oxygen atoms in total. The summed E-state index contributed by atoms with van der Waals surface area (Å²) in [7, 11) is 0. The summed E-state index contributed by atoms with van der Waals surface area (Å²) in [6, 6.07) is 10.5. The third-order valence-electron chi connectivity index (χ3n) is 3.98. The predicted octanol–water partition coefficient (Wildman–Crippen LogP) is 3.38. The van der Waals surface area contributed by atoms with E-state index < -0.39 is 11.4 Å². The average Bonchev–Trinajstić information content (AvgIpc) is 3.30. The maximum absolute atomic E-state index is 13.4. The first-order valence-corrected chi connectivity index (χ1v) is 7.65. The van der Waals surface area contributed by atoms with Crippen LogP contribution in [0, 0.1) is 5.82 Å². The average molecular weight is 352 g/mol. The molecule has 3 heterocycles. The molecule has 0 unspecified atom stereocenters. The van der Waals surface area contributed by atoms with Gasteiger partial charge < -0.3 is 18.4 Å². The number of nitrogens with zero attached hydrogens (tertiary/aromatic N) is 2. The molecular formula is C18H9FN2O5. The number of benzene rings is 2. The van der Waals surface area contributed by atoms with Crippen LogP contribution < -0.4 is 15.1 Å². The molecule has 26 heavy (non-hydrogen) atoms. The van der Waals surface area contributed by atoms with Gasteiger partial charge in [-0.05, 0) is 42.5 Å². The van der Waals surface area contributed by atoms with Gasteiger partial charge in [0.1, 0.15) is 17.0 Å². The normalized spacial score (nSPS) is 12.7. The van der Waals surface area contributed by atoms with Crippen molar-refractivity contribution in [2.24, 2.45) is 0 Å². The van der Waals surface area contributed by atoms with Crippen molar-refractivity contribution in [3.63, 3.8) is 0 Å². The standard InChI is InChI=1S/C18H9FN2O5/c19-11-2-4-13-10(5-11)6-12(18(22)25-13)17-20-16(21-26-17)9-1-3-14-15(7-9)24-8-23-14/h1-7H,8H2. The summed E-state index contributed by atoms with van der Waals surface area (Å²) in [5.74, 6) is 1.03. The lowest BCUT2D eigenvalue weighted by Gasteiger charge is -1.99. The molecule has 0 radical (unpaired) electrons. The highest BCUT2D eigenvalue weighted by Crippen LogP contribution is 2.35. The number of halogens is 1. The number of aromatic nitrogens is 2. The third kappa shape index (κ3) is 2.31. The van der Waals surface area contributed by atoms with Gasteiger partial charge in [0.2, 0.25) is 12.6 Å². The molecule has 1 aliphatic heterocycles. The van der Waals surface area contributed by atoms with E-state index in [1.54, 1.807) is 18.2 Å². The van der Waals surface area contributed by atoms with Crippen LogP contribution in [0.3, 0.4) is 0 Å². The van der Waals surface area contributed by atoms with E-state index in [1.807, 2.05) is 0 Å². The molecule has 5 rings (SSSR count). The third-order valence-corrected chi connectivity index (χ3v) is 3.98. The van der Waals surface area contributed by atoms with Crippen LogP contribution in [0.4, 0.5) is 4.39 Å². The molecule has 8 heteroatoms. The van der Waals surface area contributed by atoms with Crippen LogP contribution in [-0.2, 0) is 0 Å². The zero-order chi connectivity index (χ0) is 17.7. The molecule has 0 aliphatic carbocycles. The summed E-state index contributed by atoms with van der Waals surface area (Å²) in [6.07, 6.45) is 0. The van der Waals surface area contributed by atoms with Gasteiger partial charge in [0.15, 0.2) is 11.5 Å². The molecule has 0 saturated heterocycles. The Morgan fingerprint density at radius 3 is 2.81 bits per heavy atom. The molecule has 2 aromatic heterocycles. The summed E-state index contributed by atoms with van der Waals surface area (Å²) in [4.78, 5) is 16.4. The molecule has 2 aromatic carbocycles. The Kier molecular flexibility index (Phi) is 3.05. The summed E-state index contributed by atoms with van der Waals surface area (Å²) in [5, 5.41) is 4.31. The lowest BCUT2D eigenvalue weighted by molar-refractivity contribution is 0.174. The van der Waals surface area contributed by atoms with E-state index >= 15 is 0 Å². The van der Waals surface area contributed by atoms with Crippen LogP contribution in [0.2, 0.25) is 0 Å². The van der Waals surface area contributed by atoms with Crippen LogP contribution in [0.15, 0.2) is 56.2 Å². The first kappa shape index (κ1) is 14.6. The molecule has 0 amide bonds. The van der Waals surface area contributed by atoms with Gasteiger partial charge in [0.25, 0.3) is 5.89 Å². The summed E-state index contributed by atoms with van der Waals surface area (Å²) in [5.41, 5.74) is 0.323. The number of fused-ring (bicyclic) bond motifs is 2. The highest BCUT2D eigenvalue weighted by atomic mass is 19.1. The van der Waals surface area contributed by atoms with Crippen LogP contribution in [0.25, 0.3) is 33.8 Å². The molecule has 0 atom stereocenters. The number of hydrogen-bond acceptors (Lipinski definition) is 7. The number of hydrogen-bond donors (Lipinski definition) is 0. The van der Waals surface area contributed by atoms with Gasteiger partial charge in [-0.15, -0.1) is 0 Å². The second kappa shape index (κ2) is 5.41. The lowest BCUT2D eigenvalue weighted by Crippen LogP contribution is -2.03. The highest BCUT2D eigenvalue weighted by molar-refractivity contribution is 5.80. The minimum Gasteiger partial charge on any atom is -0.454 e. The van der Waals surface area contributed by atoms with Gasteiger partial charge in [-0.3, -0.25) is 0 Å². The van der Waals surface area contributed by atoms with E-state index in [0.717, 1.165) is 0 Å². The quantitative estimate of drug-likeness (QED) is 0.511. The Bertz CT molecular complexity index is 1210. The molecule has 0 spiro atoms. The molecule has 0 bridgehead atoms. The van der Waals surface area contributed by atoms with Crippen molar-refractivity contribution in [2.45, 2.75) is 0 Å². The van der Waals surface area contributed by atoms with Gasteiger partial charge >= 0.3 is 5.63 Å². The van der Waals surface area contributed by atoms with Crippen molar-refractivity contribution in [2.75, 3.05) is 6.79 Å². The fourth-order valence-electron chi connectivity index (χ4n) is 2.73. The van der Waals surface area contributed by atoms with E-state index in [4.69, 9.17) is 18.4 Å². The van der Waals surface area contributed by atoms with Gasteiger partial charge in [0.05, 0.1) is 0 Å². The first-order chi connectivity index (χ1) is 12.7. The van der Waals surface area contributed by atoms with E-state index in [-0.39, 0.29) is 29.7 Å². The minimum atomic E-state index is -0.648. The number of ether oxygens (including phenoxy) is 2. The van der Waals surface area contributed by atoms with Crippen LogP contribution in [-0.4, -0.2) is 16.9 Å². The Morgan fingerprint density at radius 1 is 1.00 bits per heavy atom. The van der Waals surface area contributed by atoms with E-state index in [2.05, 4.69) is 10.1 Å². The molecular weight excluding hydrogens is 343 g/mol. The molecule has 1 aliphatic rings. The summed E-state index contributed by atoms with van der Waals surface area (Å²) >= 11 is 0. The smallest absolute Gasteiger partial charge is 0.349 e. The van der Waals surface area contributed by atoms with Gasteiger partial charge in [-0.2, -0.15) is 4.98 Å². The Labute approximate surface area is 144 Å². The molecule has 128 valence electrons. The van der Waals surface area contributed by atoms with Crippen LogP contribution >= 0.6 is 0 Å². The van der Waals surface area contributed by atoms with Gasteiger partial charge in [-0.1, -0.05) is 5.16 Å². The second-order valence-electron chi connectivity index (χ2n) is 5.62. The molecule has 0 fully saturated rings. The first-order valence-electron chi connectivity index (χ1n) is 7.65. The largest absolute Gasteiger partial charge is 0.454 e. The molecule has 4 aromatic rings. The lowest BCUT2D eigenvalue weighted by atomic mass is 10.1. The topological polar surface area (TPSA) is 87.6 Å². The van der Waals surface area contributed by atoms with Crippen molar-refractivity contribution < 1.29 is 22.8 Å². The Morgan fingerprint density at radius 2 is 1.88 bits per heavy atom. The minimum absolute atomic E-state index is 0.0161. The van der Waals surface area contributed by atoms with Crippen molar-refractivity contribution >= 4 is 11.0 Å². The second-order valence-corrected chi connectivity index (χ2v) is 5.62. The highest BCUT2D eigenvalue weighted by Gasteiger charge is 2.19. The predicted molar refractivity (Wildman–Crippen MR) is 87.3 cm³/mol. The summed E-state index contributed by atoms with van der Waals surface area (Å²) < 4.78 is 34.4. The monoisotopic (exact) mass is 352 g/mol. The number of rotatable bonds is 2. The van der Waals surface area contributed by atoms with Crippen molar-refractivity contribution in [1.82, 2.24) is 10.1 Å². The zero-order valence-electron chi connectivity index (χ0n) is 13.1. The van der Waals surface area contributed by atoms with Crippen molar-refractivity contribution in [3.05, 3.63) is 58.7 Å². The Hall–Kier alpha value is -3.68. The summed E-state index contributed by atoms with van der Waals surface area (Å²) in [6.45, 7) is 0.158. The maximum Gasteiger partial charge on any atom is 0.349 e. The van der Waals surface area contributed by atoms with E-state index in [0.29, 0.717) is 22.4 Å². The van der Waals surface area contributed by atoms with Crippen molar-refractivity contribution in [3.8, 4) is 34.3 Å². The van der Waals surface area contributed by atoms with Crippen molar-refractivity contribution in [1.29, 1.82) is 0 Å². The maximum atomic E-state index is 13.4. The van der Waals surface area contributed by atoms with Gasteiger partial charge in [-0.25, -0.2) is 9.18 Å². The van der Waals surface area contributed by atoms with Gasteiger partial charge in [0, 0.05) is 10.9 Å². The SMILES string of the molecule is O=c1oc2ccc(F)cc2cc1-c1nc(-c2ccc3c(c2)OCO3)no1. The Balaban J connectivity index is 1.59. The van der Waals surface area contributed by atoms with Crippen LogP contribution in [0.1, 0.15) is 0 Å². The molecule has 0 saturated carbocycles. The van der Waals surface area contributed by atoms with E-state index in [1.165, 1.54) is 24.3 Å². The van der Waals surface area contributed by atoms with Crippen LogP contribution in [0.5, 0.6) is 11.5 Å². The van der Waals surface area contributed by atoms with E-state index in [9.17, 15) is 9.18 Å². The zero-order valence-corrected chi connectivity index (χ0v) is 13.1.